The summed E-state index contributed by atoms with van der Waals surface area (Å²) in [5.41, 5.74) is 0. The largest absolute Gasteiger partial charge is 0.479 e. The van der Waals surface area contributed by atoms with Crippen LogP contribution in [0.1, 0.15) is 32.6 Å². The van der Waals surface area contributed by atoms with E-state index in [2.05, 4.69) is 0 Å². The molecule has 1 aliphatic carbocycles. The highest BCUT2D eigenvalue weighted by Gasteiger charge is 2.25. The predicted octanol–water partition coefficient (Wildman–Crippen LogP) is 1.42. The topological polar surface area (TPSA) is 46.5 Å². The van der Waals surface area contributed by atoms with E-state index >= 15 is 0 Å². The zero-order valence-corrected chi connectivity index (χ0v) is 6.75. The van der Waals surface area contributed by atoms with Gasteiger partial charge in [0.05, 0.1) is 6.10 Å². The quantitative estimate of drug-likeness (QED) is 0.673. The molecule has 1 fully saturated rings. The average Bonchev–Trinajstić information content (AvgIpc) is 1.85. The van der Waals surface area contributed by atoms with Crippen LogP contribution in [0.5, 0.6) is 0 Å². The van der Waals surface area contributed by atoms with Gasteiger partial charge in [-0.1, -0.05) is 6.92 Å². The Kier molecular flexibility index (Phi) is 2.88. The Bertz CT molecular complexity index is 140. The van der Waals surface area contributed by atoms with E-state index in [0.717, 1.165) is 12.8 Å². The number of ether oxygens (including phenoxy) is 1. The van der Waals surface area contributed by atoms with Crippen LogP contribution in [0.4, 0.5) is 0 Å². The van der Waals surface area contributed by atoms with Crippen LogP contribution in [0.3, 0.4) is 0 Å². The van der Waals surface area contributed by atoms with Gasteiger partial charge in [0.2, 0.25) is 0 Å². The van der Waals surface area contributed by atoms with Crippen LogP contribution in [0.25, 0.3) is 0 Å². The van der Waals surface area contributed by atoms with E-state index in [4.69, 9.17) is 9.84 Å². The number of rotatable bonds is 4. The Morgan fingerprint density at radius 2 is 2.36 bits per heavy atom. The predicted molar refractivity (Wildman–Crippen MR) is 40.4 cm³/mol. The summed E-state index contributed by atoms with van der Waals surface area (Å²) in [7, 11) is 0. The Morgan fingerprint density at radius 3 is 2.64 bits per heavy atom. The van der Waals surface area contributed by atoms with Crippen molar-refractivity contribution in [2.45, 2.75) is 44.8 Å². The van der Waals surface area contributed by atoms with Gasteiger partial charge in [-0.25, -0.2) is 4.79 Å². The molecule has 1 saturated carbocycles. The van der Waals surface area contributed by atoms with Crippen molar-refractivity contribution in [2.24, 2.45) is 0 Å². The van der Waals surface area contributed by atoms with E-state index < -0.39 is 12.1 Å². The molecule has 0 aromatic rings. The normalized spacial score (nSPS) is 20.8. The fourth-order valence-electron chi connectivity index (χ4n) is 1.07. The molecule has 0 bridgehead atoms. The molecule has 3 heteroatoms. The Labute approximate surface area is 66.4 Å². The third kappa shape index (κ3) is 2.19. The highest BCUT2D eigenvalue weighted by Crippen LogP contribution is 2.23. The van der Waals surface area contributed by atoms with Crippen molar-refractivity contribution >= 4 is 5.97 Å². The second-order valence-corrected chi connectivity index (χ2v) is 2.92. The first-order chi connectivity index (χ1) is 5.24. The van der Waals surface area contributed by atoms with Crippen molar-refractivity contribution in [3.8, 4) is 0 Å². The lowest BCUT2D eigenvalue weighted by atomic mass is 9.96. The molecule has 0 amide bonds. The Morgan fingerprint density at radius 1 is 1.73 bits per heavy atom. The minimum Gasteiger partial charge on any atom is -0.479 e. The molecule has 0 spiro atoms. The van der Waals surface area contributed by atoms with Crippen LogP contribution >= 0.6 is 0 Å². The molecule has 0 saturated heterocycles. The molecule has 0 heterocycles. The summed E-state index contributed by atoms with van der Waals surface area (Å²) in [6.07, 6.45) is 3.44. The maximum atomic E-state index is 10.5. The van der Waals surface area contributed by atoms with E-state index in [1.165, 1.54) is 6.42 Å². The minimum absolute atomic E-state index is 0.219. The van der Waals surface area contributed by atoms with Crippen LogP contribution < -0.4 is 0 Å². The van der Waals surface area contributed by atoms with Gasteiger partial charge in [0.1, 0.15) is 0 Å². The second kappa shape index (κ2) is 3.72. The number of carboxylic acids is 1. The fourth-order valence-corrected chi connectivity index (χ4v) is 1.07. The van der Waals surface area contributed by atoms with Crippen molar-refractivity contribution in [1.29, 1.82) is 0 Å². The summed E-state index contributed by atoms with van der Waals surface area (Å²) in [6.45, 7) is 1.83. The molecule has 1 unspecified atom stereocenters. The van der Waals surface area contributed by atoms with Gasteiger partial charge in [-0.15, -0.1) is 0 Å². The first kappa shape index (κ1) is 8.53. The van der Waals surface area contributed by atoms with Gasteiger partial charge in [-0.05, 0) is 25.7 Å². The zero-order chi connectivity index (χ0) is 8.27. The lowest BCUT2D eigenvalue weighted by molar-refractivity contribution is -0.157. The third-order valence-electron chi connectivity index (χ3n) is 2.06. The maximum absolute atomic E-state index is 10.5. The van der Waals surface area contributed by atoms with Gasteiger partial charge in [0, 0.05) is 0 Å². The molecule has 1 atom stereocenters. The van der Waals surface area contributed by atoms with Crippen LogP contribution in [0.2, 0.25) is 0 Å². The molecule has 0 aromatic carbocycles. The number of carbonyl (C=O) groups is 1. The first-order valence-electron chi connectivity index (χ1n) is 4.12. The zero-order valence-electron chi connectivity index (χ0n) is 6.75. The maximum Gasteiger partial charge on any atom is 0.332 e. The number of hydrogen-bond donors (Lipinski definition) is 1. The molecule has 3 nitrogen and oxygen atoms in total. The molecular weight excluding hydrogens is 144 g/mol. The summed E-state index contributed by atoms with van der Waals surface area (Å²) in [5.74, 6) is -0.834. The van der Waals surface area contributed by atoms with Gasteiger partial charge < -0.3 is 9.84 Å². The summed E-state index contributed by atoms with van der Waals surface area (Å²) in [6, 6.07) is 0. The fraction of sp³-hybridized carbons (Fsp3) is 0.875. The van der Waals surface area contributed by atoms with E-state index in [1.54, 1.807) is 0 Å². The van der Waals surface area contributed by atoms with E-state index in [-0.39, 0.29) is 6.10 Å². The monoisotopic (exact) mass is 158 g/mol. The molecule has 0 aliphatic heterocycles. The van der Waals surface area contributed by atoms with Crippen molar-refractivity contribution in [3.05, 3.63) is 0 Å². The summed E-state index contributed by atoms with van der Waals surface area (Å²) in [4.78, 5) is 10.5. The van der Waals surface area contributed by atoms with Crippen LogP contribution in [0, 0.1) is 0 Å². The molecule has 11 heavy (non-hydrogen) atoms. The van der Waals surface area contributed by atoms with Gasteiger partial charge in [0.15, 0.2) is 6.10 Å². The summed E-state index contributed by atoms with van der Waals surface area (Å²) < 4.78 is 5.30. The standard InChI is InChI=1S/C8H14O3/c1-2-7(8(9)10)11-6-4-3-5-6/h6-7H,2-5H2,1H3,(H,9,10). The Hall–Kier alpha value is -0.570. The van der Waals surface area contributed by atoms with Gasteiger partial charge in [-0.2, -0.15) is 0 Å². The van der Waals surface area contributed by atoms with E-state index in [1.807, 2.05) is 6.92 Å². The van der Waals surface area contributed by atoms with Gasteiger partial charge in [-0.3, -0.25) is 0 Å². The molecule has 64 valence electrons. The third-order valence-corrected chi connectivity index (χ3v) is 2.06. The highest BCUT2D eigenvalue weighted by molar-refractivity contribution is 5.72. The minimum atomic E-state index is -0.834. The van der Waals surface area contributed by atoms with Gasteiger partial charge in [0.25, 0.3) is 0 Å². The average molecular weight is 158 g/mol. The van der Waals surface area contributed by atoms with E-state index in [0.29, 0.717) is 6.42 Å². The Balaban J connectivity index is 2.24. The van der Waals surface area contributed by atoms with Gasteiger partial charge >= 0.3 is 5.97 Å². The van der Waals surface area contributed by atoms with Crippen molar-refractivity contribution in [1.82, 2.24) is 0 Å². The molecular formula is C8H14O3. The SMILES string of the molecule is CCC(OC1CCC1)C(=O)O. The van der Waals surface area contributed by atoms with Crippen molar-refractivity contribution < 1.29 is 14.6 Å². The summed E-state index contributed by atoms with van der Waals surface area (Å²) >= 11 is 0. The number of carboxylic acid groups (broad SMARTS) is 1. The lowest BCUT2D eigenvalue weighted by Crippen LogP contribution is -2.32. The molecule has 0 radical (unpaired) electrons. The second-order valence-electron chi connectivity index (χ2n) is 2.92. The smallest absolute Gasteiger partial charge is 0.332 e. The molecule has 1 rings (SSSR count). The number of hydrogen-bond acceptors (Lipinski definition) is 2. The first-order valence-corrected chi connectivity index (χ1v) is 4.12. The van der Waals surface area contributed by atoms with Crippen LogP contribution in [-0.2, 0) is 9.53 Å². The number of aliphatic carboxylic acids is 1. The van der Waals surface area contributed by atoms with Crippen molar-refractivity contribution in [3.63, 3.8) is 0 Å². The van der Waals surface area contributed by atoms with Crippen LogP contribution in [-0.4, -0.2) is 23.3 Å². The van der Waals surface area contributed by atoms with Crippen molar-refractivity contribution in [2.75, 3.05) is 0 Å². The summed E-state index contributed by atoms with van der Waals surface area (Å²) in [5, 5.41) is 8.62. The van der Waals surface area contributed by atoms with Crippen LogP contribution in [0.15, 0.2) is 0 Å². The highest BCUT2D eigenvalue weighted by atomic mass is 16.5. The molecule has 1 N–H and O–H groups in total. The van der Waals surface area contributed by atoms with E-state index in [9.17, 15) is 4.79 Å². The molecule has 1 aliphatic rings. The lowest BCUT2D eigenvalue weighted by Gasteiger charge is -2.28. The molecule has 0 aromatic heterocycles.